The van der Waals surface area contributed by atoms with Gasteiger partial charge in [-0.2, -0.15) is 0 Å². The van der Waals surface area contributed by atoms with Crippen LogP contribution < -0.4 is 26.0 Å². The molecule has 2 aromatic heterocycles. The number of fused-ring (bicyclic) bond motifs is 16. The standard InChI is InChI=1S/C77H54BN3O/c1-76(2,3)52-39-43-70(59(45-52)50-24-8-5-9-25-50)81-71-44-51(49-22-6-4-7-23-49)38-41-65(71)78-64-42-40-53(79-66-32-16-10-26-55(66)56-27-11-17-33-67(56)79)46-62(64)77(60-30-14-20-36-73(60)82-74-37-21-15-31-61(74)77)63-47-54(48-72(81)75(63)78)80-68-34-18-12-28-57(68)58-29-13-19-35-69(58)80/h4-48H,1-3H3/i4D,6D,7D,10D,11D,12D,13D,16D,17D,18D,19D,22D,23D,26D,27D,28D,29D,32D,33D,34D,35D. The molecule has 0 bridgehead atoms. The minimum Gasteiger partial charge on any atom is -0.457 e. The molecule has 5 heterocycles. The smallest absolute Gasteiger partial charge is 0.247 e. The van der Waals surface area contributed by atoms with E-state index in [1.807, 2.05) is 126 Å². The Balaban J connectivity index is 1.13. The first-order valence-electron chi connectivity index (χ1n) is 37.5. The van der Waals surface area contributed by atoms with E-state index in [1.54, 1.807) is 18.2 Å². The molecule has 12 aromatic carbocycles. The van der Waals surface area contributed by atoms with Crippen molar-refractivity contribution in [2.45, 2.75) is 31.6 Å². The van der Waals surface area contributed by atoms with Crippen LogP contribution in [0.4, 0.5) is 17.1 Å². The Hall–Kier alpha value is -10.1. The first kappa shape index (κ1) is 30.5. The Labute approximate surface area is 507 Å². The molecule has 3 aliphatic heterocycles. The van der Waals surface area contributed by atoms with Gasteiger partial charge in [-0.1, -0.05) is 220 Å². The molecule has 14 aromatic rings. The highest BCUT2D eigenvalue weighted by atomic mass is 16.5. The lowest BCUT2D eigenvalue weighted by Gasteiger charge is -2.50. The van der Waals surface area contributed by atoms with Crippen molar-refractivity contribution in [1.82, 2.24) is 9.13 Å². The molecule has 0 fully saturated rings. The zero-order valence-corrected chi connectivity index (χ0v) is 44.2. The summed E-state index contributed by atoms with van der Waals surface area (Å²) in [5.41, 5.74) is 5.65. The highest BCUT2D eigenvalue weighted by Gasteiger charge is 2.55. The molecule has 0 unspecified atom stereocenters. The zero-order valence-electron chi connectivity index (χ0n) is 65.2. The zero-order chi connectivity index (χ0) is 72.7. The molecule has 0 aliphatic carbocycles. The van der Waals surface area contributed by atoms with Crippen LogP contribution in [0.25, 0.3) is 77.2 Å². The van der Waals surface area contributed by atoms with Crippen LogP contribution in [0.2, 0.25) is 0 Å². The van der Waals surface area contributed by atoms with Crippen LogP contribution >= 0.6 is 0 Å². The third-order valence-corrected chi connectivity index (χ3v) is 16.8. The molecule has 0 atom stereocenters. The SMILES string of the molecule is [2H]c1c([2H])c([2H])c(-c2ccc3c(c2)N(c2ccc(C(C)(C)C)cc2-c2ccccc2)c2cc(-n4c5c([2H])c([2H])c([2H])c([2H])c5c5c([2H])c([2H])c([2H])c([2H])c54)cc4c2B3c2ccc(-n3c5c([2H])c([2H])c([2H])c([2H])c5c5c([2H])c([2H])c([2H])c([2H])c53)cc2C42c3ccccc3Oc3ccccc32)c([2H])c1[2H]. The fraction of sp³-hybridized carbons (Fsp3) is 0.0649. The van der Waals surface area contributed by atoms with Crippen molar-refractivity contribution < 1.29 is 33.5 Å². The normalized spacial score (nSPS) is 17.3. The minimum absolute atomic E-state index is 0.0981. The summed E-state index contributed by atoms with van der Waals surface area (Å²) in [6.45, 7) is 5.39. The molecule has 0 saturated heterocycles. The topological polar surface area (TPSA) is 22.3 Å². The third kappa shape index (κ3) is 6.56. The molecular formula is C77H54BN3O. The van der Waals surface area contributed by atoms with Gasteiger partial charge in [0.15, 0.2) is 0 Å². The van der Waals surface area contributed by atoms with Crippen molar-refractivity contribution in [2.75, 3.05) is 4.90 Å². The van der Waals surface area contributed by atoms with E-state index < -0.39 is 144 Å². The van der Waals surface area contributed by atoms with Crippen LogP contribution in [0.15, 0.2) is 272 Å². The number of hydrogen-bond acceptors (Lipinski definition) is 2. The lowest BCUT2D eigenvalue weighted by Crippen LogP contribution is -2.65. The number of para-hydroxylation sites is 6. The molecule has 0 saturated carbocycles. The van der Waals surface area contributed by atoms with Gasteiger partial charge in [-0.25, -0.2) is 0 Å². The maximum atomic E-state index is 9.95. The van der Waals surface area contributed by atoms with Crippen LogP contribution in [0, 0.1) is 0 Å². The molecule has 82 heavy (non-hydrogen) atoms. The van der Waals surface area contributed by atoms with Crippen molar-refractivity contribution in [3.63, 3.8) is 0 Å². The van der Waals surface area contributed by atoms with Gasteiger partial charge in [0, 0.05) is 61.0 Å². The minimum atomic E-state index is -1.67. The Bertz CT molecular complexity index is 6030. The predicted octanol–water partition coefficient (Wildman–Crippen LogP) is 17.6. The second-order valence-electron chi connectivity index (χ2n) is 22.0. The second-order valence-corrected chi connectivity index (χ2v) is 22.0. The highest BCUT2D eigenvalue weighted by Crippen LogP contribution is 2.58. The van der Waals surface area contributed by atoms with Gasteiger partial charge in [-0.05, 0) is 128 Å². The van der Waals surface area contributed by atoms with Crippen molar-refractivity contribution in [1.29, 1.82) is 0 Å². The summed E-state index contributed by atoms with van der Waals surface area (Å²) in [5, 5.41) is -0.656. The molecule has 3 aliphatic rings. The summed E-state index contributed by atoms with van der Waals surface area (Å²) >= 11 is 0. The number of aromatic nitrogens is 2. The number of hydrogen-bond donors (Lipinski definition) is 0. The van der Waals surface area contributed by atoms with Crippen LogP contribution in [0.3, 0.4) is 0 Å². The molecule has 17 rings (SSSR count). The summed E-state index contributed by atoms with van der Waals surface area (Å²) < 4.78 is 206. The monoisotopic (exact) mass is 1070 g/mol. The second kappa shape index (κ2) is 17.5. The van der Waals surface area contributed by atoms with Crippen molar-refractivity contribution in [3.05, 3.63) is 300 Å². The Kier molecular flexibility index (Phi) is 6.49. The summed E-state index contributed by atoms with van der Waals surface area (Å²) in [7, 11) is 0. The Morgan fingerprint density at radius 2 is 0.939 bits per heavy atom. The van der Waals surface area contributed by atoms with Crippen molar-refractivity contribution >= 4 is 83.8 Å². The highest BCUT2D eigenvalue weighted by molar-refractivity contribution is 6.99. The first-order chi connectivity index (χ1) is 49.0. The number of ether oxygens (including phenoxy) is 1. The number of benzene rings is 12. The molecule has 386 valence electrons. The molecule has 1 spiro atoms. The van der Waals surface area contributed by atoms with Gasteiger partial charge in [0.1, 0.15) is 11.5 Å². The van der Waals surface area contributed by atoms with E-state index in [-0.39, 0.29) is 66.1 Å². The van der Waals surface area contributed by atoms with E-state index in [1.165, 1.54) is 9.13 Å². The first-order valence-corrected chi connectivity index (χ1v) is 27.0. The number of rotatable bonds is 5. The quantitative estimate of drug-likeness (QED) is 0.160. The fourth-order valence-corrected chi connectivity index (χ4v) is 13.3. The van der Waals surface area contributed by atoms with E-state index in [0.717, 1.165) is 16.7 Å². The van der Waals surface area contributed by atoms with E-state index in [2.05, 4.69) is 26.8 Å². The lowest BCUT2D eigenvalue weighted by molar-refractivity contribution is 0.435. The van der Waals surface area contributed by atoms with Gasteiger partial charge in [0.05, 0.1) is 62.0 Å². The molecule has 0 radical (unpaired) electrons. The van der Waals surface area contributed by atoms with Gasteiger partial charge < -0.3 is 18.8 Å². The number of anilines is 3. The summed E-state index contributed by atoms with van der Waals surface area (Å²) in [6.07, 6.45) is 0. The van der Waals surface area contributed by atoms with Gasteiger partial charge in [-0.15, -0.1) is 0 Å². The average Bonchev–Trinajstić information content (AvgIpc) is 0.886. The number of nitrogens with zero attached hydrogens (tertiary/aromatic N) is 3. The van der Waals surface area contributed by atoms with Gasteiger partial charge in [0.25, 0.3) is 0 Å². The molecule has 5 heteroatoms. The third-order valence-electron chi connectivity index (χ3n) is 16.8. The van der Waals surface area contributed by atoms with Crippen molar-refractivity contribution in [3.8, 4) is 45.1 Å². The average molecular weight is 1070 g/mol. The molecule has 4 nitrogen and oxygen atoms in total. The maximum Gasteiger partial charge on any atom is 0.247 e. The molecular weight excluding hydrogens is 994 g/mol. The summed E-state index contributed by atoms with van der Waals surface area (Å²) in [4.78, 5) is 2.04. The lowest BCUT2D eigenvalue weighted by atomic mass is 9.29. The fourth-order valence-electron chi connectivity index (χ4n) is 13.3. The van der Waals surface area contributed by atoms with E-state index in [9.17, 15) is 16.4 Å². The van der Waals surface area contributed by atoms with Crippen LogP contribution in [-0.4, -0.2) is 15.8 Å². The van der Waals surface area contributed by atoms with Gasteiger partial charge in [-0.3, -0.25) is 0 Å². The van der Waals surface area contributed by atoms with Gasteiger partial charge in [0.2, 0.25) is 6.71 Å². The van der Waals surface area contributed by atoms with E-state index in [4.69, 9.17) is 17.1 Å². The maximum absolute atomic E-state index is 9.95. The Morgan fingerprint density at radius 1 is 0.402 bits per heavy atom. The summed E-state index contributed by atoms with van der Waals surface area (Å²) in [5.74, 6) is 0.770. The van der Waals surface area contributed by atoms with E-state index >= 15 is 0 Å². The van der Waals surface area contributed by atoms with E-state index in [0.29, 0.717) is 67.2 Å². The van der Waals surface area contributed by atoms with Crippen LogP contribution in [0.5, 0.6) is 11.5 Å². The molecule has 0 amide bonds. The molecule has 0 N–H and O–H groups in total. The van der Waals surface area contributed by atoms with Crippen LogP contribution in [-0.2, 0) is 10.8 Å². The Morgan fingerprint density at radius 3 is 1.55 bits per heavy atom. The summed E-state index contributed by atoms with van der Waals surface area (Å²) in [6, 6.07) is 33.2. The van der Waals surface area contributed by atoms with Gasteiger partial charge >= 0.3 is 0 Å². The van der Waals surface area contributed by atoms with Crippen molar-refractivity contribution in [2.24, 2.45) is 0 Å². The largest absolute Gasteiger partial charge is 0.457 e. The predicted molar refractivity (Wildman–Crippen MR) is 342 cm³/mol. The van der Waals surface area contributed by atoms with Crippen LogP contribution in [0.1, 0.15) is 77.4 Å².